The standard InChI is InChI=1S/C21H24BrNO2/c1-13-9-19(10-14(2)21(13)22)25-12-20(24)23-15(3)17-8-7-16-5-4-6-18(16)11-17/h7-11,15H,4-6,12H2,1-3H3,(H,23,24). The maximum atomic E-state index is 12.2. The molecule has 1 amide bonds. The van der Waals surface area contributed by atoms with E-state index in [1.165, 1.54) is 24.0 Å². The summed E-state index contributed by atoms with van der Waals surface area (Å²) in [6, 6.07) is 10.4. The first kappa shape index (κ1) is 18.0. The Balaban J connectivity index is 1.57. The lowest BCUT2D eigenvalue weighted by molar-refractivity contribution is -0.123. The summed E-state index contributed by atoms with van der Waals surface area (Å²) in [5, 5.41) is 3.03. The van der Waals surface area contributed by atoms with E-state index in [9.17, 15) is 4.79 Å². The third kappa shape index (κ3) is 4.24. The lowest BCUT2D eigenvalue weighted by Crippen LogP contribution is -2.31. The number of amides is 1. The molecule has 0 aliphatic heterocycles. The average molecular weight is 402 g/mol. The summed E-state index contributed by atoms with van der Waals surface area (Å²) < 4.78 is 6.74. The molecule has 0 aromatic heterocycles. The van der Waals surface area contributed by atoms with Gasteiger partial charge in [0.1, 0.15) is 5.75 Å². The first-order valence-corrected chi connectivity index (χ1v) is 9.54. The highest BCUT2D eigenvalue weighted by molar-refractivity contribution is 9.10. The second-order valence-electron chi connectivity index (χ2n) is 6.83. The van der Waals surface area contributed by atoms with Crippen LogP contribution < -0.4 is 10.1 Å². The molecule has 2 aromatic carbocycles. The lowest BCUT2D eigenvalue weighted by Gasteiger charge is -2.16. The molecule has 0 spiro atoms. The van der Waals surface area contributed by atoms with Crippen LogP contribution in [-0.2, 0) is 17.6 Å². The van der Waals surface area contributed by atoms with Crippen molar-refractivity contribution in [3.63, 3.8) is 0 Å². The van der Waals surface area contributed by atoms with Crippen LogP contribution in [0.25, 0.3) is 0 Å². The normalized spacial score (nSPS) is 14.1. The Morgan fingerprint density at radius 3 is 2.56 bits per heavy atom. The number of rotatable bonds is 5. The fourth-order valence-corrected chi connectivity index (χ4v) is 3.59. The molecule has 1 aliphatic rings. The number of benzene rings is 2. The molecule has 132 valence electrons. The largest absolute Gasteiger partial charge is 0.484 e. The van der Waals surface area contributed by atoms with Crippen molar-refractivity contribution in [1.82, 2.24) is 5.32 Å². The minimum Gasteiger partial charge on any atom is -0.484 e. The van der Waals surface area contributed by atoms with Gasteiger partial charge >= 0.3 is 0 Å². The van der Waals surface area contributed by atoms with E-state index >= 15 is 0 Å². The predicted octanol–water partition coefficient (Wildman–Crippen LogP) is 4.81. The average Bonchev–Trinajstić information content (AvgIpc) is 3.05. The number of carbonyl (C=O) groups excluding carboxylic acids is 1. The molecule has 25 heavy (non-hydrogen) atoms. The van der Waals surface area contributed by atoms with Gasteiger partial charge in [0.15, 0.2) is 6.61 Å². The summed E-state index contributed by atoms with van der Waals surface area (Å²) in [6.45, 7) is 6.07. The van der Waals surface area contributed by atoms with Crippen molar-refractivity contribution in [3.8, 4) is 5.75 Å². The summed E-state index contributed by atoms with van der Waals surface area (Å²) in [6.07, 6.45) is 3.56. The van der Waals surface area contributed by atoms with Crippen molar-refractivity contribution in [1.29, 1.82) is 0 Å². The minimum absolute atomic E-state index is 0.0182. The van der Waals surface area contributed by atoms with Gasteiger partial charge in [0, 0.05) is 4.47 Å². The van der Waals surface area contributed by atoms with Crippen molar-refractivity contribution in [2.75, 3.05) is 6.61 Å². The summed E-state index contributed by atoms with van der Waals surface area (Å²) in [7, 11) is 0. The number of hydrogen-bond acceptors (Lipinski definition) is 2. The molecule has 0 bridgehead atoms. The maximum absolute atomic E-state index is 12.2. The molecular formula is C21H24BrNO2. The Labute approximate surface area is 157 Å². The van der Waals surface area contributed by atoms with Crippen LogP contribution in [-0.4, -0.2) is 12.5 Å². The summed E-state index contributed by atoms with van der Waals surface area (Å²) >= 11 is 3.54. The Bertz CT molecular complexity index is 777. The second-order valence-corrected chi connectivity index (χ2v) is 7.62. The minimum atomic E-state index is -0.105. The van der Waals surface area contributed by atoms with E-state index in [4.69, 9.17) is 4.74 Å². The van der Waals surface area contributed by atoms with E-state index in [1.807, 2.05) is 32.9 Å². The molecule has 0 heterocycles. The van der Waals surface area contributed by atoms with Gasteiger partial charge in [-0.15, -0.1) is 0 Å². The molecule has 0 saturated heterocycles. The zero-order valence-corrected chi connectivity index (χ0v) is 16.6. The van der Waals surface area contributed by atoms with Gasteiger partial charge in [-0.3, -0.25) is 4.79 Å². The van der Waals surface area contributed by atoms with Gasteiger partial charge in [0.2, 0.25) is 0 Å². The zero-order chi connectivity index (χ0) is 18.0. The van der Waals surface area contributed by atoms with E-state index in [2.05, 4.69) is 39.4 Å². The van der Waals surface area contributed by atoms with E-state index in [0.29, 0.717) is 0 Å². The van der Waals surface area contributed by atoms with Crippen molar-refractivity contribution < 1.29 is 9.53 Å². The van der Waals surface area contributed by atoms with Crippen LogP contribution >= 0.6 is 15.9 Å². The van der Waals surface area contributed by atoms with Gasteiger partial charge in [-0.25, -0.2) is 0 Å². The van der Waals surface area contributed by atoms with Crippen molar-refractivity contribution in [2.24, 2.45) is 0 Å². The molecule has 1 unspecified atom stereocenters. The van der Waals surface area contributed by atoms with Crippen molar-refractivity contribution in [2.45, 2.75) is 46.1 Å². The molecular weight excluding hydrogens is 378 g/mol. The molecule has 1 aliphatic carbocycles. The van der Waals surface area contributed by atoms with Crippen LogP contribution in [0, 0.1) is 13.8 Å². The summed E-state index contributed by atoms with van der Waals surface area (Å²) in [4.78, 5) is 12.2. The molecule has 1 N–H and O–H groups in total. The predicted molar refractivity (Wildman–Crippen MR) is 104 cm³/mol. The zero-order valence-electron chi connectivity index (χ0n) is 15.0. The highest BCUT2D eigenvalue weighted by Crippen LogP contribution is 2.27. The van der Waals surface area contributed by atoms with Gasteiger partial charge in [-0.1, -0.05) is 34.1 Å². The smallest absolute Gasteiger partial charge is 0.258 e. The van der Waals surface area contributed by atoms with Crippen LogP contribution in [0.15, 0.2) is 34.8 Å². The molecule has 2 aromatic rings. The van der Waals surface area contributed by atoms with Gasteiger partial charge in [-0.2, -0.15) is 0 Å². The van der Waals surface area contributed by atoms with E-state index in [0.717, 1.165) is 33.3 Å². The number of nitrogens with one attached hydrogen (secondary N) is 1. The molecule has 0 fully saturated rings. The summed E-state index contributed by atoms with van der Waals surface area (Å²) in [5.74, 6) is 0.616. The number of hydrogen-bond donors (Lipinski definition) is 1. The fraction of sp³-hybridized carbons (Fsp3) is 0.381. The van der Waals surface area contributed by atoms with Gasteiger partial charge in [0.25, 0.3) is 5.91 Å². The topological polar surface area (TPSA) is 38.3 Å². The van der Waals surface area contributed by atoms with Crippen LogP contribution in [0.5, 0.6) is 5.75 Å². The highest BCUT2D eigenvalue weighted by Gasteiger charge is 2.15. The quantitative estimate of drug-likeness (QED) is 0.780. The molecule has 3 rings (SSSR count). The van der Waals surface area contributed by atoms with Gasteiger partial charge in [-0.05, 0) is 80.0 Å². The Morgan fingerprint density at radius 1 is 1.16 bits per heavy atom. The highest BCUT2D eigenvalue weighted by atomic mass is 79.9. The van der Waals surface area contributed by atoms with Crippen LogP contribution in [0.1, 0.15) is 47.2 Å². The van der Waals surface area contributed by atoms with Crippen LogP contribution in [0.2, 0.25) is 0 Å². The Hall–Kier alpha value is -1.81. The van der Waals surface area contributed by atoms with Crippen LogP contribution in [0.3, 0.4) is 0 Å². The van der Waals surface area contributed by atoms with Crippen LogP contribution in [0.4, 0.5) is 0 Å². The first-order valence-electron chi connectivity index (χ1n) is 8.74. The van der Waals surface area contributed by atoms with Crippen molar-refractivity contribution >= 4 is 21.8 Å². The lowest BCUT2D eigenvalue weighted by atomic mass is 10.0. The molecule has 3 nitrogen and oxygen atoms in total. The molecule has 1 atom stereocenters. The fourth-order valence-electron chi connectivity index (χ4n) is 3.37. The number of fused-ring (bicyclic) bond motifs is 1. The maximum Gasteiger partial charge on any atom is 0.258 e. The van der Waals surface area contributed by atoms with E-state index in [-0.39, 0.29) is 18.6 Å². The third-order valence-electron chi connectivity index (χ3n) is 4.78. The van der Waals surface area contributed by atoms with E-state index < -0.39 is 0 Å². The first-order chi connectivity index (χ1) is 11.9. The number of halogens is 1. The molecule has 0 saturated carbocycles. The Morgan fingerprint density at radius 2 is 1.84 bits per heavy atom. The monoisotopic (exact) mass is 401 g/mol. The SMILES string of the molecule is Cc1cc(OCC(=O)NC(C)c2ccc3c(c2)CCC3)cc(C)c1Br. The van der Waals surface area contributed by atoms with Crippen molar-refractivity contribution in [3.05, 3.63) is 62.6 Å². The third-order valence-corrected chi connectivity index (χ3v) is 6.03. The number of ether oxygens (including phenoxy) is 1. The summed E-state index contributed by atoms with van der Waals surface area (Å²) in [5.41, 5.74) is 6.23. The number of aryl methyl sites for hydroxylation is 4. The van der Waals surface area contributed by atoms with E-state index in [1.54, 1.807) is 0 Å². The van der Waals surface area contributed by atoms with Gasteiger partial charge in [0.05, 0.1) is 6.04 Å². The molecule has 0 radical (unpaired) electrons. The number of carbonyl (C=O) groups is 1. The Kier molecular flexibility index (Phi) is 5.48. The van der Waals surface area contributed by atoms with Gasteiger partial charge < -0.3 is 10.1 Å². The second kappa shape index (κ2) is 7.61. The molecule has 4 heteroatoms.